The quantitative estimate of drug-likeness (QED) is 0.187. The second-order valence-corrected chi connectivity index (χ2v) is 11.5. The Morgan fingerprint density at radius 2 is 1.28 bits per heavy atom. The van der Waals surface area contributed by atoms with E-state index < -0.39 is 54.0 Å². The van der Waals surface area contributed by atoms with Gasteiger partial charge in [0.15, 0.2) is 0 Å². The number of aliphatic carboxylic acids is 1. The third kappa shape index (κ3) is 10.7. The molecule has 0 radical (unpaired) electrons. The number of carbonyl (C=O) groups excluding carboxylic acids is 3. The summed E-state index contributed by atoms with van der Waals surface area (Å²) in [7, 11) is 0. The van der Waals surface area contributed by atoms with Crippen LogP contribution in [0, 0.1) is 11.3 Å². The highest BCUT2D eigenvalue weighted by molar-refractivity contribution is 5.84. The van der Waals surface area contributed by atoms with Crippen molar-refractivity contribution in [3.05, 3.63) is 96.1 Å². The van der Waals surface area contributed by atoms with Crippen LogP contribution in [0.15, 0.2) is 84.9 Å². The van der Waals surface area contributed by atoms with E-state index in [4.69, 9.17) is 9.47 Å². The fraction of sp³-hybridized carbons (Fsp3) is 0.353. The number of carbonyl (C=O) groups is 4. The van der Waals surface area contributed by atoms with Gasteiger partial charge in [-0.15, -0.1) is 0 Å². The minimum Gasteiger partial charge on any atom is -0.481 e. The zero-order valence-electron chi connectivity index (χ0n) is 25.0. The standard InChI is InChI=1S/C34H40N2O7/c1-23(31(38)39)21-35-30(37)28(19-24-11-7-5-8-12-24)36-29(32(40)42-22-43-33(41)34(2,3)4)20-25-15-17-27(18-16-25)26-13-9-6-10-14-26/h5-18,23,28-29,36H,19-22H2,1-4H3,(H,35,37)(H,38,39)/t23?,28-,29?/m0/s1. The van der Waals surface area contributed by atoms with Gasteiger partial charge in [0.1, 0.15) is 6.04 Å². The topological polar surface area (TPSA) is 131 Å². The van der Waals surface area contributed by atoms with Crippen molar-refractivity contribution in [2.45, 2.75) is 52.6 Å². The lowest BCUT2D eigenvalue weighted by molar-refractivity contribution is -0.174. The summed E-state index contributed by atoms with van der Waals surface area (Å²) in [4.78, 5) is 50.1. The van der Waals surface area contributed by atoms with Gasteiger partial charge in [-0.1, -0.05) is 91.9 Å². The minimum absolute atomic E-state index is 0.0695. The molecule has 0 saturated heterocycles. The molecule has 0 heterocycles. The van der Waals surface area contributed by atoms with E-state index in [0.717, 1.165) is 22.3 Å². The molecule has 0 aliphatic carbocycles. The fourth-order valence-corrected chi connectivity index (χ4v) is 4.15. The molecule has 9 nitrogen and oxygen atoms in total. The molecule has 3 rings (SSSR count). The second kappa shape index (κ2) is 15.7. The number of benzene rings is 3. The first-order valence-corrected chi connectivity index (χ1v) is 14.2. The van der Waals surface area contributed by atoms with Crippen LogP contribution in [0.1, 0.15) is 38.8 Å². The number of hydrogen-bond donors (Lipinski definition) is 3. The first-order chi connectivity index (χ1) is 20.4. The van der Waals surface area contributed by atoms with Crippen molar-refractivity contribution < 1.29 is 33.8 Å². The van der Waals surface area contributed by atoms with Crippen LogP contribution in [0.25, 0.3) is 11.1 Å². The molecule has 3 aromatic carbocycles. The van der Waals surface area contributed by atoms with E-state index in [0.29, 0.717) is 0 Å². The maximum atomic E-state index is 13.3. The van der Waals surface area contributed by atoms with Crippen molar-refractivity contribution in [1.29, 1.82) is 0 Å². The van der Waals surface area contributed by atoms with Crippen molar-refractivity contribution >= 4 is 23.8 Å². The molecular formula is C34H40N2O7. The molecule has 1 amide bonds. The first-order valence-electron chi connectivity index (χ1n) is 14.2. The fourth-order valence-electron chi connectivity index (χ4n) is 4.15. The summed E-state index contributed by atoms with van der Waals surface area (Å²) < 4.78 is 10.5. The summed E-state index contributed by atoms with van der Waals surface area (Å²) in [5, 5.41) is 15.1. The summed E-state index contributed by atoms with van der Waals surface area (Å²) in [6, 6.07) is 25.0. The van der Waals surface area contributed by atoms with Crippen LogP contribution in [0.3, 0.4) is 0 Å². The van der Waals surface area contributed by atoms with Crippen molar-refractivity contribution in [1.82, 2.24) is 10.6 Å². The van der Waals surface area contributed by atoms with Gasteiger partial charge >= 0.3 is 17.9 Å². The van der Waals surface area contributed by atoms with Gasteiger partial charge in [0.2, 0.25) is 12.7 Å². The van der Waals surface area contributed by atoms with E-state index >= 15 is 0 Å². The Bertz CT molecular complexity index is 1350. The Morgan fingerprint density at radius 1 is 0.744 bits per heavy atom. The van der Waals surface area contributed by atoms with Gasteiger partial charge in [-0.3, -0.25) is 24.5 Å². The molecule has 0 aliphatic rings. The third-order valence-electron chi connectivity index (χ3n) is 6.79. The van der Waals surface area contributed by atoms with Crippen LogP contribution in [0.5, 0.6) is 0 Å². The summed E-state index contributed by atoms with van der Waals surface area (Å²) in [6.45, 7) is 5.95. The summed E-state index contributed by atoms with van der Waals surface area (Å²) in [5.74, 6) is -3.48. The van der Waals surface area contributed by atoms with Gasteiger partial charge in [0.25, 0.3) is 0 Å². The Balaban J connectivity index is 1.82. The van der Waals surface area contributed by atoms with E-state index in [2.05, 4.69) is 10.6 Å². The number of hydrogen-bond acceptors (Lipinski definition) is 7. The smallest absolute Gasteiger partial charge is 0.326 e. The lowest BCUT2D eigenvalue weighted by atomic mass is 9.98. The van der Waals surface area contributed by atoms with Crippen molar-refractivity contribution in [3.63, 3.8) is 0 Å². The second-order valence-electron chi connectivity index (χ2n) is 11.5. The number of amides is 1. The van der Waals surface area contributed by atoms with Crippen molar-refractivity contribution in [3.8, 4) is 11.1 Å². The Kier molecular flexibility index (Phi) is 12.0. The first kappa shape index (κ1) is 33.0. The predicted octanol–water partition coefficient (Wildman–Crippen LogP) is 4.39. The number of nitrogens with one attached hydrogen (secondary N) is 2. The van der Waals surface area contributed by atoms with Crippen LogP contribution in [0.4, 0.5) is 0 Å². The molecule has 0 saturated carbocycles. The van der Waals surface area contributed by atoms with Gasteiger partial charge in [-0.05, 0) is 55.9 Å². The SMILES string of the molecule is CC(CNC(=O)[C@H](Cc1ccccc1)NC(Cc1ccc(-c2ccccc2)cc1)C(=O)OCOC(=O)C(C)(C)C)C(=O)O. The zero-order chi connectivity index (χ0) is 31.4. The molecule has 0 bridgehead atoms. The molecular weight excluding hydrogens is 548 g/mol. The molecule has 43 heavy (non-hydrogen) atoms. The summed E-state index contributed by atoms with van der Waals surface area (Å²) in [5.41, 5.74) is 2.97. The average molecular weight is 589 g/mol. The number of esters is 2. The van der Waals surface area contributed by atoms with E-state index in [1.54, 1.807) is 20.8 Å². The van der Waals surface area contributed by atoms with Crippen LogP contribution in [0.2, 0.25) is 0 Å². The third-order valence-corrected chi connectivity index (χ3v) is 6.79. The lowest BCUT2D eigenvalue weighted by Crippen LogP contribution is -2.53. The highest BCUT2D eigenvalue weighted by Crippen LogP contribution is 2.20. The number of carboxylic acid groups (broad SMARTS) is 1. The van der Waals surface area contributed by atoms with Gasteiger partial charge in [0, 0.05) is 6.54 Å². The zero-order valence-corrected chi connectivity index (χ0v) is 25.0. The van der Waals surface area contributed by atoms with Crippen LogP contribution in [-0.2, 0) is 41.5 Å². The number of ether oxygens (including phenoxy) is 2. The monoisotopic (exact) mass is 588 g/mol. The largest absolute Gasteiger partial charge is 0.481 e. The van der Waals surface area contributed by atoms with Crippen LogP contribution < -0.4 is 10.6 Å². The maximum Gasteiger partial charge on any atom is 0.326 e. The summed E-state index contributed by atoms with van der Waals surface area (Å²) in [6.07, 6.45) is 0.426. The molecule has 9 heteroatoms. The molecule has 0 spiro atoms. The van der Waals surface area contributed by atoms with E-state index in [1.165, 1.54) is 6.92 Å². The maximum absolute atomic E-state index is 13.3. The number of carboxylic acids is 1. The summed E-state index contributed by atoms with van der Waals surface area (Å²) >= 11 is 0. The number of rotatable bonds is 14. The van der Waals surface area contributed by atoms with Crippen molar-refractivity contribution in [2.24, 2.45) is 11.3 Å². The van der Waals surface area contributed by atoms with Crippen LogP contribution in [-0.4, -0.2) is 54.3 Å². The molecule has 3 atom stereocenters. The Hall–Kier alpha value is -4.50. The van der Waals surface area contributed by atoms with Gasteiger partial charge in [0.05, 0.1) is 17.4 Å². The molecule has 0 aliphatic heterocycles. The van der Waals surface area contributed by atoms with E-state index in [1.807, 2.05) is 84.9 Å². The minimum atomic E-state index is -1.03. The highest BCUT2D eigenvalue weighted by atomic mass is 16.7. The van der Waals surface area contributed by atoms with E-state index in [9.17, 15) is 24.3 Å². The molecule has 0 aromatic heterocycles. The Labute approximate surface area is 252 Å². The molecule has 3 aromatic rings. The molecule has 3 N–H and O–H groups in total. The van der Waals surface area contributed by atoms with Crippen LogP contribution >= 0.6 is 0 Å². The predicted molar refractivity (Wildman–Crippen MR) is 163 cm³/mol. The van der Waals surface area contributed by atoms with Gasteiger partial charge < -0.3 is 19.9 Å². The molecule has 2 unspecified atom stereocenters. The highest BCUT2D eigenvalue weighted by Gasteiger charge is 2.30. The molecule has 228 valence electrons. The lowest BCUT2D eigenvalue weighted by Gasteiger charge is -2.25. The normalized spacial score (nSPS) is 13.3. The Morgan fingerprint density at radius 3 is 1.86 bits per heavy atom. The van der Waals surface area contributed by atoms with Crippen molar-refractivity contribution in [2.75, 3.05) is 13.3 Å². The van der Waals surface area contributed by atoms with Gasteiger partial charge in [-0.25, -0.2) is 0 Å². The average Bonchev–Trinajstić information content (AvgIpc) is 2.99. The molecule has 0 fully saturated rings. The van der Waals surface area contributed by atoms with Gasteiger partial charge in [-0.2, -0.15) is 0 Å². The van der Waals surface area contributed by atoms with E-state index in [-0.39, 0.29) is 19.4 Å².